The topological polar surface area (TPSA) is 58.6 Å². The van der Waals surface area contributed by atoms with E-state index in [1.807, 2.05) is 19.1 Å². The highest BCUT2D eigenvalue weighted by atomic mass is 16.5. The van der Waals surface area contributed by atoms with E-state index in [0.717, 1.165) is 18.6 Å². The molecule has 20 heavy (non-hydrogen) atoms. The van der Waals surface area contributed by atoms with Crippen LogP contribution in [0.2, 0.25) is 0 Å². The molecular weight excluding hydrogens is 256 g/mol. The summed E-state index contributed by atoms with van der Waals surface area (Å²) < 4.78 is 5.34. The average molecular weight is 276 g/mol. The number of amides is 2. The van der Waals surface area contributed by atoms with Crippen molar-refractivity contribution in [1.29, 1.82) is 0 Å². The van der Waals surface area contributed by atoms with E-state index in [-0.39, 0.29) is 18.4 Å². The van der Waals surface area contributed by atoms with Gasteiger partial charge in [-0.1, -0.05) is 0 Å². The summed E-state index contributed by atoms with van der Waals surface area (Å²) in [6, 6.07) is 7.21. The Bertz CT molecular complexity index is 471. The summed E-state index contributed by atoms with van der Waals surface area (Å²) in [5.74, 6) is 0.680. The van der Waals surface area contributed by atoms with E-state index in [2.05, 4.69) is 5.32 Å². The lowest BCUT2D eigenvalue weighted by molar-refractivity contribution is -0.136. The smallest absolute Gasteiger partial charge is 0.243 e. The molecule has 0 spiro atoms. The number of carbonyl (C=O) groups excluding carboxylic acids is 2. The molecule has 1 fully saturated rings. The Kier molecular flexibility index (Phi) is 4.98. The number of benzene rings is 1. The molecule has 1 aromatic rings. The van der Waals surface area contributed by atoms with E-state index < -0.39 is 0 Å². The minimum Gasteiger partial charge on any atom is -0.494 e. The van der Waals surface area contributed by atoms with Crippen LogP contribution in [0, 0.1) is 0 Å². The van der Waals surface area contributed by atoms with Crippen LogP contribution in [0.5, 0.6) is 5.75 Å². The zero-order valence-corrected chi connectivity index (χ0v) is 11.7. The molecule has 108 valence electrons. The van der Waals surface area contributed by atoms with Crippen LogP contribution < -0.4 is 10.1 Å². The van der Waals surface area contributed by atoms with Crippen molar-refractivity contribution in [3.8, 4) is 5.75 Å². The van der Waals surface area contributed by atoms with Gasteiger partial charge in [0, 0.05) is 18.7 Å². The second-order valence-electron chi connectivity index (χ2n) is 4.78. The lowest BCUT2D eigenvalue weighted by Gasteiger charge is -2.25. The Labute approximate surface area is 118 Å². The molecular formula is C15H20N2O3. The molecule has 2 amide bonds. The van der Waals surface area contributed by atoms with Gasteiger partial charge in [0.15, 0.2) is 0 Å². The largest absolute Gasteiger partial charge is 0.494 e. The van der Waals surface area contributed by atoms with Crippen molar-refractivity contribution < 1.29 is 14.3 Å². The summed E-state index contributed by atoms with van der Waals surface area (Å²) in [7, 11) is 0. The molecule has 1 aliphatic heterocycles. The third-order valence-corrected chi connectivity index (χ3v) is 3.20. The van der Waals surface area contributed by atoms with Gasteiger partial charge in [-0.25, -0.2) is 0 Å². The summed E-state index contributed by atoms with van der Waals surface area (Å²) in [6.45, 7) is 3.34. The quantitative estimate of drug-likeness (QED) is 0.895. The monoisotopic (exact) mass is 276 g/mol. The van der Waals surface area contributed by atoms with Crippen molar-refractivity contribution >= 4 is 17.5 Å². The number of nitrogens with zero attached hydrogens (tertiary/aromatic N) is 1. The lowest BCUT2D eigenvalue weighted by atomic mass is 10.1. The van der Waals surface area contributed by atoms with Gasteiger partial charge in [-0.2, -0.15) is 0 Å². The van der Waals surface area contributed by atoms with Crippen LogP contribution in [0.15, 0.2) is 24.3 Å². The molecule has 0 atom stereocenters. The Balaban J connectivity index is 1.85. The third kappa shape index (κ3) is 3.98. The number of likely N-dealkylation sites (tertiary alicyclic amines) is 1. The van der Waals surface area contributed by atoms with Gasteiger partial charge >= 0.3 is 0 Å². The SMILES string of the molecule is CCOc1ccc(NC(=O)CN2CCCCC2=O)cc1. The zero-order valence-electron chi connectivity index (χ0n) is 11.7. The maximum atomic E-state index is 11.9. The summed E-state index contributed by atoms with van der Waals surface area (Å²) in [4.78, 5) is 25.1. The van der Waals surface area contributed by atoms with Gasteiger partial charge in [-0.05, 0) is 44.0 Å². The van der Waals surface area contributed by atoms with Crippen LogP contribution in [0.1, 0.15) is 26.2 Å². The normalized spacial score (nSPS) is 15.1. The van der Waals surface area contributed by atoms with E-state index in [9.17, 15) is 9.59 Å². The summed E-state index contributed by atoms with van der Waals surface area (Å²) >= 11 is 0. The van der Waals surface area contributed by atoms with Crippen molar-refractivity contribution in [2.24, 2.45) is 0 Å². The molecule has 0 unspecified atom stereocenters. The molecule has 1 N–H and O–H groups in total. The minimum atomic E-state index is -0.163. The first-order valence-electron chi connectivity index (χ1n) is 6.99. The standard InChI is InChI=1S/C15H20N2O3/c1-2-20-13-8-6-12(7-9-13)16-14(18)11-17-10-4-3-5-15(17)19/h6-9H,2-5,10-11H2,1H3,(H,16,18). The highest BCUT2D eigenvalue weighted by Gasteiger charge is 2.20. The highest BCUT2D eigenvalue weighted by molar-refractivity contribution is 5.94. The summed E-state index contributed by atoms with van der Waals surface area (Å²) in [5, 5.41) is 2.79. The van der Waals surface area contributed by atoms with Crippen molar-refractivity contribution in [2.45, 2.75) is 26.2 Å². The molecule has 2 rings (SSSR count). The fourth-order valence-electron chi connectivity index (χ4n) is 2.20. The predicted molar refractivity (Wildman–Crippen MR) is 76.7 cm³/mol. The van der Waals surface area contributed by atoms with E-state index in [0.29, 0.717) is 25.3 Å². The maximum absolute atomic E-state index is 11.9. The predicted octanol–water partition coefficient (Wildman–Crippen LogP) is 2.04. The van der Waals surface area contributed by atoms with E-state index in [4.69, 9.17) is 4.74 Å². The van der Waals surface area contributed by atoms with Crippen LogP contribution in [-0.2, 0) is 9.59 Å². The van der Waals surface area contributed by atoms with Crippen molar-refractivity contribution in [2.75, 3.05) is 25.0 Å². The lowest BCUT2D eigenvalue weighted by Crippen LogP contribution is -2.40. The van der Waals surface area contributed by atoms with Crippen molar-refractivity contribution in [3.63, 3.8) is 0 Å². The van der Waals surface area contributed by atoms with Gasteiger partial charge in [0.05, 0.1) is 13.2 Å². The van der Waals surface area contributed by atoms with Gasteiger partial charge in [0.2, 0.25) is 11.8 Å². The molecule has 0 bridgehead atoms. The highest BCUT2D eigenvalue weighted by Crippen LogP contribution is 2.16. The summed E-state index contributed by atoms with van der Waals surface area (Å²) in [5.41, 5.74) is 0.711. The van der Waals surface area contributed by atoms with E-state index in [1.54, 1.807) is 17.0 Å². The van der Waals surface area contributed by atoms with Crippen LogP contribution >= 0.6 is 0 Å². The number of hydrogen-bond acceptors (Lipinski definition) is 3. The minimum absolute atomic E-state index is 0.0677. The molecule has 1 heterocycles. The van der Waals surface area contributed by atoms with Gasteiger partial charge in [0.1, 0.15) is 5.75 Å². The number of anilines is 1. The second kappa shape index (κ2) is 6.93. The molecule has 0 saturated carbocycles. The number of nitrogens with one attached hydrogen (secondary N) is 1. The van der Waals surface area contributed by atoms with Crippen molar-refractivity contribution in [1.82, 2.24) is 4.90 Å². The molecule has 1 aliphatic rings. The molecule has 5 heteroatoms. The molecule has 0 aliphatic carbocycles. The molecule has 0 radical (unpaired) electrons. The third-order valence-electron chi connectivity index (χ3n) is 3.20. The van der Waals surface area contributed by atoms with Crippen molar-refractivity contribution in [3.05, 3.63) is 24.3 Å². The Morgan fingerprint density at radius 1 is 1.30 bits per heavy atom. The van der Waals surface area contributed by atoms with Gasteiger partial charge in [-0.15, -0.1) is 0 Å². The molecule has 5 nitrogen and oxygen atoms in total. The number of hydrogen-bond donors (Lipinski definition) is 1. The Morgan fingerprint density at radius 2 is 2.05 bits per heavy atom. The summed E-state index contributed by atoms with van der Waals surface area (Å²) in [6.07, 6.45) is 2.45. The fraction of sp³-hybridized carbons (Fsp3) is 0.467. The average Bonchev–Trinajstić information content (AvgIpc) is 2.44. The zero-order chi connectivity index (χ0) is 14.4. The van der Waals surface area contributed by atoms with Crippen LogP contribution in [0.3, 0.4) is 0 Å². The number of ether oxygens (including phenoxy) is 1. The first-order chi connectivity index (χ1) is 9.69. The number of carbonyl (C=O) groups is 2. The first-order valence-corrected chi connectivity index (χ1v) is 6.99. The van der Waals surface area contributed by atoms with E-state index >= 15 is 0 Å². The fourth-order valence-corrected chi connectivity index (χ4v) is 2.20. The van der Waals surface area contributed by atoms with Gasteiger partial charge in [-0.3, -0.25) is 9.59 Å². The second-order valence-corrected chi connectivity index (χ2v) is 4.78. The van der Waals surface area contributed by atoms with Gasteiger partial charge in [0.25, 0.3) is 0 Å². The van der Waals surface area contributed by atoms with Gasteiger partial charge < -0.3 is 15.0 Å². The molecule has 1 aromatic carbocycles. The maximum Gasteiger partial charge on any atom is 0.243 e. The Hall–Kier alpha value is -2.04. The molecule has 0 aromatic heterocycles. The van der Waals surface area contributed by atoms with Crippen LogP contribution in [-0.4, -0.2) is 36.4 Å². The van der Waals surface area contributed by atoms with Crippen LogP contribution in [0.4, 0.5) is 5.69 Å². The number of piperidine rings is 1. The number of rotatable bonds is 5. The Morgan fingerprint density at radius 3 is 2.70 bits per heavy atom. The van der Waals surface area contributed by atoms with E-state index in [1.165, 1.54) is 0 Å². The molecule has 1 saturated heterocycles. The van der Waals surface area contributed by atoms with Crippen LogP contribution in [0.25, 0.3) is 0 Å². The first kappa shape index (κ1) is 14.4.